The lowest BCUT2D eigenvalue weighted by Crippen LogP contribution is -2.09. The first-order valence-electron chi connectivity index (χ1n) is 7.63. The number of aromatic nitrogens is 2. The van der Waals surface area contributed by atoms with Crippen molar-refractivity contribution in [2.75, 3.05) is 0 Å². The average molecular weight is 385 g/mol. The first-order valence-corrected chi connectivity index (χ1v) is 9.64. The summed E-state index contributed by atoms with van der Waals surface area (Å²) in [5, 5.41) is 1.01. The SMILES string of the molecule is Cc1ccc(/C=C(\Cl)c2nc3sc(-c4ccccc4)cc3c(=O)[nH]2)s1. The van der Waals surface area contributed by atoms with Crippen molar-refractivity contribution in [2.45, 2.75) is 6.92 Å². The van der Waals surface area contributed by atoms with Crippen LogP contribution >= 0.6 is 34.3 Å². The molecule has 6 heteroatoms. The molecule has 1 aromatic carbocycles. The predicted octanol–water partition coefficient (Wildman–Crippen LogP) is 5.76. The van der Waals surface area contributed by atoms with Crippen LogP contribution in [-0.4, -0.2) is 9.97 Å². The molecule has 0 radical (unpaired) electrons. The number of aryl methyl sites for hydroxylation is 1. The molecule has 3 heterocycles. The number of rotatable bonds is 3. The van der Waals surface area contributed by atoms with E-state index in [4.69, 9.17) is 11.6 Å². The van der Waals surface area contributed by atoms with Gasteiger partial charge in [-0.2, -0.15) is 0 Å². The van der Waals surface area contributed by atoms with Gasteiger partial charge in [-0.3, -0.25) is 4.79 Å². The van der Waals surface area contributed by atoms with E-state index < -0.39 is 0 Å². The molecule has 0 aliphatic rings. The van der Waals surface area contributed by atoms with Gasteiger partial charge in [0.25, 0.3) is 5.56 Å². The Hall–Kier alpha value is -2.21. The normalized spacial score (nSPS) is 12.0. The molecule has 0 saturated carbocycles. The number of H-pyrrole nitrogens is 1. The smallest absolute Gasteiger partial charge is 0.259 e. The van der Waals surface area contributed by atoms with Gasteiger partial charge < -0.3 is 4.98 Å². The van der Waals surface area contributed by atoms with E-state index in [0.717, 1.165) is 15.3 Å². The Morgan fingerprint density at radius 2 is 1.96 bits per heavy atom. The second-order valence-corrected chi connectivity index (χ2v) is 8.31. The Bertz CT molecular complexity index is 1140. The van der Waals surface area contributed by atoms with Crippen LogP contribution in [0.2, 0.25) is 0 Å². The Morgan fingerprint density at radius 3 is 2.68 bits per heavy atom. The third kappa shape index (κ3) is 3.31. The van der Waals surface area contributed by atoms with Crippen LogP contribution in [0.25, 0.3) is 31.8 Å². The zero-order chi connectivity index (χ0) is 17.4. The van der Waals surface area contributed by atoms with Gasteiger partial charge in [0.1, 0.15) is 4.83 Å². The van der Waals surface area contributed by atoms with Gasteiger partial charge in [-0.25, -0.2) is 4.98 Å². The Balaban J connectivity index is 1.79. The lowest BCUT2D eigenvalue weighted by Gasteiger charge is -1.98. The molecule has 0 aliphatic heterocycles. The number of nitrogens with one attached hydrogen (secondary N) is 1. The van der Waals surface area contributed by atoms with Crippen LogP contribution in [0.4, 0.5) is 0 Å². The minimum Gasteiger partial charge on any atom is -0.305 e. The van der Waals surface area contributed by atoms with Crippen molar-refractivity contribution in [1.29, 1.82) is 0 Å². The van der Waals surface area contributed by atoms with Gasteiger partial charge in [-0.1, -0.05) is 41.9 Å². The molecule has 0 amide bonds. The van der Waals surface area contributed by atoms with E-state index >= 15 is 0 Å². The highest BCUT2D eigenvalue weighted by molar-refractivity contribution is 7.21. The number of nitrogens with zero attached hydrogens (tertiary/aromatic N) is 1. The summed E-state index contributed by atoms with van der Waals surface area (Å²) in [5.74, 6) is 0.395. The first-order chi connectivity index (χ1) is 12.1. The van der Waals surface area contributed by atoms with Crippen molar-refractivity contribution in [3.8, 4) is 10.4 Å². The van der Waals surface area contributed by atoms with Crippen molar-refractivity contribution >= 4 is 55.6 Å². The molecular formula is C19H13ClN2OS2. The number of hydrogen-bond donors (Lipinski definition) is 1. The fourth-order valence-electron chi connectivity index (χ4n) is 2.51. The van der Waals surface area contributed by atoms with Gasteiger partial charge >= 0.3 is 0 Å². The second-order valence-electron chi connectivity index (χ2n) is 5.55. The molecule has 0 saturated heterocycles. The number of halogens is 1. The maximum Gasteiger partial charge on any atom is 0.259 e. The number of benzene rings is 1. The van der Waals surface area contributed by atoms with E-state index in [-0.39, 0.29) is 5.56 Å². The highest BCUT2D eigenvalue weighted by Gasteiger charge is 2.12. The summed E-state index contributed by atoms with van der Waals surface area (Å²) >= 11 is 9.52. The zero-order valence-electron chi connectivity index (χ0n) is 13.2. The fourth-order valence-corrected chi connectivity index (χ4v) is 4.64. The molecule has 0 unspecified atom stereocenters. The van der Waals surface area contributed by atoms with Crippen molar-refractivity contribution in [1.82, 2.24) is 9.97 Å². The summed E-state index contributed by atoms with van der Waals surface area (Å²) in [6, 6.07) is 15.9. The summed E-state index contributed by atoms with van der Waals surface area (Å²) in [5.41, 5.74) is 0.898. The van der Waals surface area contributed by atoms with Crippen molar-refractivity contribution in [3.63, 3.8) is 0 Å². The van der Waals surface area contributed by atoms with Crippen molar-refractivity contribution in [3.05, 3.63) is 74.5 Å². The summed E-state index contributed by atoms with van der Waals surface area (Å²) in [6.45, 7) is 2.04. The second kappa shape index (κ2) is 6.59. The molecule has 0 atom stereocenters. The quantitative estimate of drug-likeness (QED) is 0.488. The van der Waals surface area contributed by atoms with Crippen LogP contribution in [-0.2, 0) is 0 Å². The average Bonchev–Trinajstić information content (AvgIpc) is 3.22. The van der Waals surface area contributed by atoms with Gasteiger partial charge in [-0.05, 0) is 36.8 Å². The van der Waals surface area contributed by atoms with Crippen molar-refractivity contribution < 1.29 is 0 Å². The molecule has 4 aromatic rings. The largest absolute Gasteiger partial charge is 0.305 e. The van der Waals surface area contributed by atoms with E-state index in [1.54, 1.807) is 11.3 Å². The van der Waals surface area contributed by atoms with Crippen LogP contribution in [0.3, 0.4) is 0 Å². The molecular weight excluding hydrogens is 372 g/mol. The summed E-state index contributed by atoms with van der Waals surface area (Å²) in [7, 11) is 0. The monoisotopic (exact) mass is 384 g/mol. The maximum absolute atomic E-state index is 12.4. The molecule has 124 valence electrons. The van der Waals surface area contributed by atoms with Crippen LogP contribution in [0.15, 0.2) is 53.3 Å². The van der Waals surface area contributed by atoms with E-state index in [0.29, 0.717) is 21.1 Å². The molecule has 25 heavy (non-hydrogen) atoms. The Morgan fingerprint density at radius 1 is 1.16 bits per heavy atom. The lowest BCUT2D eigenvalue weighted by molar-refractivity contribution is 1.14. The Kier molecular flexibility index (Phi) is 4.29. The Labute approximate surface area is 157 Å². The summed E-state index contributed by atoms with van der Waals surface area (Å²) in [4.78, 5) is 23.7. The van der Waals surface area contributed by atoms with E-state index in [1.807, 2.05) is 61.5 Å². The molecule has 0 spiro atoms. The minimum atomic E-state index is -0.174. The molecule has 0 bridgehead atoms. The molecule has 3 aromatic heterocycles. The zero-order valence-corrected chi connectivity index (χ0v) is 15.6. The minimum absolute atomic E-state index is 0.174. The highest BCUT2D eigenvalue weighted by Crippen LogP contribution is 2.32. The number of aromatic amines is 1. The van der Waals surface area contributed by atoms with Gasteiger partial charge in [0.15, 0.2) is 5.82 Å². The van der Waals surface area contributed by atoms with Crippen molar-refractivity contribution in [2.24, 2.45) is 0 Å². The van der Waals surface area contributed by atoms with E-state index in [2.05, 4.69) is 9.97 Å². The lowest BCUT2D eigenvalue weighted by atomic mass is 10.2. The van der Waals surface area contributed by atoms with Crippen LogP contribution in [0, 0.1) is 6.92 Å². The third-order valence-corrected chi connectivity index (χ3v) is 6.03. The van der Waals surface area contributed by atoms with Gasteiger partial charge in [0.05, 0.1) is 10.4 Å². The number of hydrogen-bond acceptors (Lipinski definition) is 4. The molecule has 4 rings (SSSR count). The molecule has 1 N–H and O–H groups in total. The van der Waals surface area contributed by atoms with E-state index in [9.17, 15) is 4.79 Å². The first kappa shape index (κ1) is 16.3. The molecule has 0 aliphatic carbocycles. The molecule has 3 nitrogen and oxygen atoms in total. The highest BCUT2D eigenvalue weighted by atomic mass is 35.5. The maximum atomic E-state index is 12.4. The van der Waals surface area contributed by atoms with Gasteiger partial charge in [-0.15, -0.1) is 22.7 Å². The summed E-state index contributed by atoms with van der Waals surface area (Å²) in [6.07, 6.45) is 1.83. The van der Waals surface area contributed by atoms with E-state index in [1.165, 1.54) is 16.2 Å². The standard InChI is InChI=1S/C19H13ClN2OS2/c1-11-7-8-13(24-11)9-15(20)17-21-18(23)14-10-16(25-19(14)22-17)12-5-3-2-4-6-12/h2-10H,1H3,(H,21,22,23)/b15-9-. The number of thiophene rings is 2. The van der Waals surface area contributed by atoms with Gasteiger partial charge in [0.2, 0.25) is 0 Å². The van der Waals surface area contributed by atoms with Crippen LogP contribution in [0.1, 0.15) is 15.6 Å². The predicted molar refractivity (Wildman–Crippen MR) is 108 cm³/mol. The molecule has 0 fully saturated rings. The van der Waals surface area contributed by atoms with Gasteiger partial charge in [0, 0.05) is 14.6 Å². The summed E-state index contributed by atoms with van der Waals surface area (Å²) < 4.78 is 0. The van der Waals surface area contributed by atoms with Crippen LogP contribution < -0.4 is 5.56 Å². The topological polar surface area (TPSA) is 45.8 Å². The number of fused-ring (bicyclic) bond motifs is 1. The third-order valence-electron chi connectivity index (χ3n) is 3.72. The van der Waals surface area contributed by atoms with Crippen LogP contribution in [0.5, 0.6) is 0 Å². The fraction of sp³-hybridized carbons (Fsp3) is 0.0526.